The summed E-state index contributed by atoms with van der Waals surface area (Å²) in [5.74, 6) is -0.0142. The minimum absolute atomic E-state index is 0.0954. The van der Waals surface area contributed by atoms with Crippen LogP contribution in [0.15, 0.2) is 37.2 Å². The monoisotopic (exact) mass is 328 g/mol. The van der Waals surface area contributed by atoms with Gasteiger partial charge in [0.2, 0.25) is 5.91 Å². The van der Waals surface area contributed by atoms with Crippen molar-refractivity contribution in [2.45, 2.75) is 38.9 Å². The van der Waals surface area contributed by atoms with Gasteiger partial charge in [-0.1, -0.05) is 6.92 Å². The molecule has 2 aromatic heterocycles. The lowest BCUT2D eigenvalue weighted by atomic mass is 10.0. The van der Waals surface area contributed by atoms with Crippen LogP contribution in [0.25, 0.3) is 0 Å². The normalized spacial score (nSPS) is 17.5. The molecule has 0 unspecified atom stereocenters. The first-order chi connectivity index (χ1) is 11.7. The van der Waals surface area contributed by atoms with E-state index in [0.29, 0.717) is 6.54 Å². The molecule has 7 nitrogen and oxygen atoms in total. The number of likely N-dealkylation sites (tertiary alicyclic amines) is 1. The fraction of sp³-hybridized carbons (Fsp3) is 0.529. The number of hydrogen-bond acceptors (Lipinski definition) is 5. The van der Waals surface area contributed by atoms with Gasteiger partial charge in [0.25, 0.3) is 0 Å². The molecule has 1 N–H and O–H groups in total. The van der Waals surface area contributed by atoms with Crippen molar-refractivity contribution < 1.29 is 4.79 Å². The number of rotatable bonds is 6. The molecule has 24 heavy (non-hydrogen) atoms. The zero-order chi connectivity index (χ0) is 16.8. The van der Waals surface area contributed by atoms with E-state index in [0.717, 1.165) is 32.5 Å². The van der Waals surface area contributed by atoms with Crippen molar-refractivity contribution in [1.29, 1.82) is 0 Å². The largest absolute Gasteiger partial charge is 0.353 e. The van der Waals surface area contributed by atoms with Crippen molar-refractivity contribution in [3.05, 3.63) is 42.7 Å². The molecule has 0 saturated carbocycles. The van der Waals surface area contributed by atoms with Crippen LogP contribution in [0.2, 0.25) is 0 Å². The third-order valence-electron chi connectivity index (χ3n) is 4.46. The summed E-state index contributed by atoms with van der Waals surface area (Å²) < 4.78 is 1.70. The van der Waals surface area contributed by atoms with Crippen LogP contribution >= 0.6 is 0 Å². The van der Waals surface area contributed by atoms with Crippen molar-refractivity contribution >= 4 is 5.91 Å². The number of hydrogen-bond donors (Lipinski definition) is 1. The number of piperidine rings is 1. The van der Waals surface area contributed by atoms with Crippen LogP contribution in [0, 0.1) is 5.92 Å². The Bertz CT molecular complexity index is 622. The lowest BCUT2D eigenvalue weighted by Gasteiger charge is -2.32. The number of nitrogens with one attached hydrogen (secondary N) is 1. The Hall–Kier alpha value is -2.28. The van der Waals surface area contributed by atoms with Gasteiger partial charge in [-0.15, -0.1) is 0 Å². The van der Waals surface area contributed by atoms with E-state index in [1.165, 1.54) is 11.9 Å². The summed E-state index contributed by atoms with van der Waals surface area (Å²) in [6, 6.07) is 4.38. The highest BCUT2D eigenvalue weighted by atomic mass is 16.2. The number of nitrogens with zero attached hydrogens (tertiary/aromatic N) is 5. The van der Waals surface area contributed by atoms with Crippen molar-refractivity contribution in [3.63, 3.8) is 0 Å². The van der Waals surface area contributed by atoms with Gasteiger partial charge in [0.15, 0.2) is 0 Å². The fourth-order valence-corrected chi connectivity index (χ4v) is 3.02. The Balaban J connectivity index is 1.41. The maximum Gasteiger partial charge on any atom is 0.224 e. The number of amides is 1. The predicted octanol–water partition coefficient (Wildman–Crippen LogP) is 1.09. The van der Waals surface area contributed by atoms with E-state index < -0.39 is 0 Å². The highest BCUT2D eigenvalue weighted by Gasteiger charge is 2.23. The van der Waals surface area contributed by atoms with Crippen LogP contribution in [0.5, 0.6) is 0 Å². The number of carbonyl (C=O) groups is 1. The van der Waals surface area contributed by atoms with Gasteiger partial charge in [-0.25, -0.2) is 4.98 Å². The second kappa shape index (κ2) is 8.01. The lowest BCUT2D eigenvalue weighted by Crippen LogP contribution is -2.46. The van der Waals surface area contributed by atoms with E-state index in [1.807, 2.05) is 19.3 Å². The molecule has 1 aliphatic heterocycles. The standard InChI is InChI=1S/C17H24N6O/c1-14(10-23-13-19-12-20-23)17(24)21-16-4-8-22(9-5-16)11-15-2-6-18-7-3-15/h2-3,6-7,12-14,16H,4-5,8-11H2,1H3,(H,21,24)/t14-/m1/s1. The predicted molar refractivity (Wildman–Crippen MR) is 89.9 cm³/mol. The van der Waals surface area contributed by atoms with Gasteiger partial charge in [-0.3, -0.25) is 19.4 Å². The molecule has 0 aromatic carbocycles. The van der Waals surface area contributed by atoms with Gasteiger partial charge >= 0.3 is 0 Å². The second-order valence-electron chi connectivity index (χ2n) is 6.43. The van der Waals surface area contributed by atoms with Gasteiger partial charge < -0.3 is 5.32 Å². The lowest BCUT2D eigenvalue weighted by molar-refractivity contribution is -0.126. The average Bonchev–Trinajstić information content (AvgIpc) is 3.10. The van der Waals surface area contributed by atoms with Crippen LogP contribution in [-0.4, -0.2) is 49.7 Å². The van der Waals surface area contributed by atoms with Crippen molar-refractivity contribution in [2.75, 3.05) is 13.1 Å². The Morgan fingerprint density at radius 1 is 1.29 bits per heavy atom. The van der Waals surface area contributed by atoms with Crippen LogP contribution in [0.4, 0.5) is 0 Å². The molecule has 0 spiro atoms. The minimum atomic E-state index is -0.110. The number of pyridine rings is 1. The van der Waals surface area contributed by atoms with Gasteiger partial charge in [0, 0.05) is 38.1 Å². The van der Waals surface area contributed by atoms with Gasteiger partial charge in [0.1, 0.15) is 12.7 Å². The van der Waals surface area contributed by atoms with E-state index >= 15 is 0 Å². The SMILES string of the molecule is C[C@H](Cn1cncn1)C(=O)NC1CCN(Cc2ccncc2)CC1. The van der Waals surface area contributed by atoms with Crippen LogP contribution in [0.1, 0.15) is 25.3 Å². The zero-order valence-corrected chi connectivity index (χ0v) is 14.0. The summed E-state index contributed by atoms with van der Waals surface area (Å²) in [4.78, 5) is 22.7. The molecule has 1 aliphatic rings. The Kier molecular flexibility index (Phi) is 5.53. The maximum atomic E-state index is 12.3. The van der Waals surface area contributed by atoms with Crippen LogP contribution in [0.3, 0.4) is 0 Å². The molecule has 2 aromatic rings. The van der Waals surface area contributed by atoms with Crippen LogP contribution in [-0.2, 0) is 17.9 Å². The Morgan fingerprint density at radius 3 is 2.71 bits per heavy atom. The molecule has 128 valence electrons. The summed E-state index contributed by atoms with van der Waals surface area (Å²) in [7, 11) is 0. The average molecular weight is 328 g/mol. The molecule has 7 heteroatoms. The van der Waals surface area contributed by atoms with Crippen LogP contribution < -0.4 is 5.32 Å². The second-order valence-corrected chi connectivity index (χ2v) is 6.43. The Morgan fingerprint density at radius 2 is 2.04 bits per heavy atom. The van der Waals surface area contributed by atoms with Crippen molar-refractivity contribution in [2.24, 2.45) is 5.92 Å². The summed E-state index contributed by atoms with van der Waals surface area (Å²) >= 11 is 0. The van der Waals surface area contributed by atoms with E-state index in [1.54, 1.807) is 11.0 Å². The first-order valence-corrected chi connectivity index (χ1v) is 8.45. The van der Waals surface area contributed by atoms with Crippen molar-refractivity contribution in [3.8, 4) is 0 Å². The molecular weight excluding hydrogens is 304 g/mol. The molecule has 1 amide bonds. The van der Waals surface area contributed by atoms with E-state index in [-0.39, 0.29) is 17.9 Å². The third kappa shape index (κ3) is 4.61. The van der Waals surface area contributed by atoms with E-state index in [4.69, 9.17) is 0 Å². The van der Waals surface area contributed by atoms with Crippen molar-refractivity contribution in [1.82, 2.24) is 30.0 Å². The minimum Gasteiger partial charge on any atom is -0.353 e. The van der Waals surface area contributed by atoms with Gasteiger partial charge in [-0.05, 0) is 30.5 Å². The molecular formula is C17H24N6O. The summed E-state index contributed by atoms with van der Waals surface area (Å²) in [6.45, 7) is 5.45. The highest BCUT2D eigenvalue weighted by molar-refractivity contribution is 5.78. The fourth-order valence-electron chi connectivity index (χ4n) is 3.02. The maximum absolute atomic E-state index is 12.3. The molecule has 0 aliphatic carbocycles. The Labute approximate surface area is 142 Å². The first-order valence-electron chi connectivity index (χ1n) is 8.45. The number of aromatic nitrogens is 4. The molecule has 3 rings (SSSR count). The third-order valence-corrected chi connectivity index (χ3v) is 4.46. The first kappa shape index (κ1) is 16.6. The van der Waals surface area contributed by atoms with E-state index in [2.05, 4.69) is 37.4 Å². The zero-order valence-electron chi connectivity index (χ0n) is 14.0. The molecule has 3 heterocycles. The quantitative estimate of drug-likeness (QED) is 0.859. The molecule has 1 saturated heterocycles. The van der Waals surface area contributed by atoms with E-state index in [9.17, 15) is 4.79 Å². The van der Waals surface area contributed by atoms with Gasteiger partial charge in [-0.2, -0.15) is 5.10 Å². The topological polar surface area (TPSA) is 75.9 Å². The summed E-state index contributed by atoms with van der Waals surface area (Å²) in [5, 5.41) is 7.23. The highest BCUT2D eigenvalue weighted by Crippen LogP contribution is 2.14. The molecule has 0 radical (unpaired) electrons. The molecule has 1 atom stereocenters. The van der Waals surface area contributed by atoms with Gasteiger partial charge in [0.05, 0.1) is 12.5 Å². The smallest absolute Gasteiger partial charge is 0.224 e. The number of carbonyl (C=O) groups excluding carboxylic acids is 1. The summed E-state index contributed by atoms with van der Waals surface area (Å²) in [5.41, 5.74) is 1.29. The molecule has 1 fully saturated rings. The summed E-state index contributed by atoms with van der Waals surface area (Å²) in [6.07, 6.45) is 8.78. The molecule has 0 bridgehead atoms.